The summed E-state index contributed by atoms with van der Waals surface area (Å²) >= 11 is 4.84. The highest BCUT2D eigenvalue weighted by atomic mass is 32.1. The van der Waals surface area contributed by atoms with Gasteiger partial charge in [0, 0.05) is 19.2 Å². The molecule has 0 unspecified atom stereocenters. The Balaban J connectivity index is 2.25. The largest absolute Gasteiger partial charge is 0.492 e. The third kappa shape index (κ3) is 5.06. The third-order valence-electron chi connectivity index (χ3n) is 4.63. The number of hydrogen-bond donors (Lipinski definition) is 3. The molecule has 1 saturated heterocycles. The fourth-order valence-corrected chi connectivity index (χ4v) is 2.56. The number of hydrogen-bond acceptors (Lipinski definition) is 4. The zero-order chi connectivity index (χ0) is 19.5. The van der Waals surface area contributed by atoms with E-state index in [0.29, 0.717) is 6.54 Å². The van der Waals surface area contributed by atoms with E-state index in [0.717, 1.165) is 16.7 Å². The fraction of sp³-hybridized carbons (Fsp3) is 0.444. The molecule has 1 aromatic carbocycles. The molecule has 8 heteroatoms. The van der Waals surface area contributed by atoms with Gasteiger partial charge in [0.15, 0.2) is 5.11 Å². The van der Waals surface area contributed by atoms with Gasteiger partial charge in [0.05, 0.1) is 11.2 Å². The van der Waals surface area contributed by atoms with Crippen molar-refractivity contribution in [3.8, 4) is 0 Å². The van der Waals surface area contributed by atoms with E-state index in [-0.39, 0.29) is 11.0 Å². The van der Waals surface area contributed by atoms with Crippen molar-refractivity contribution in [2.24, 2.45) is 5.73 Å². The highest BCUT2D eigenvalue weighted by molar-refractivity contribution is 7.80. The Labute approximate surface area is 160 Å². The number of benzene rings is 1. The van der Waals surface area contributed by atoms with Gasteiger partial charge in [-0.3, -0.25) is 4.79 Å². The molecule has 26 heavy (non-hydrogen) atoms. The van der Waals surface area contributed by atoms with Gasteiger partial charge in [0.25, 0.3) is 0 Å². The Hall–Kier alpha value is -1.90. The van der Waals surface area contributed by atoms with Crippen LogP contribution < -0.4 is 16.4 Å². The number of thiocarbonyl (C=S) groups is 1. The minimum Gasteiger partial charge on any atom is -0.400 e. The van der Waals surface area contributed by atoms with E-state index < -0.39 is 18.3 Å². The second kappa shape index (κ2) is 7.78. The summed E-state index contributed by atoms with van der Waals surface area (Å²) in [5, 5.41) is 5.93. The lowest BCUT2D eigenvalue weighted by molar-refractivity contribution is -0.118. The van der Waals surface area contributed by atoms with E-state index in [4.69, 9.17) is 27.3 Å². The van der Waals surface area contributed by atoms with Crippen LogP contribution in [0.5, 0.6) is 0 Å². The molecule has 4 N–H and O–H groups in total. The third-order valence-corrected chi connectivity index (χ3v) is 4.73. The van der Waals surface area contributed by atoms with Crippen LogP contribution in [0.2, 0.25) is 0 Å². The topological polar surface area (TPSA) is 85.6 Å². The Morgan fingerprint density at radius 2 is 1.73 bits per heavy atom. The minimum absolute atomic E-state index is 0.108. The van der Waals surface area contributed by atoms with E-state index in [9.17, 15) is 4.79 Å². The van der Waals surface area contributed by atoms with Crippen molar-refractivity contribution in [2.75, 3.05) is 11.9 Å². The Bertz CT molecular complexity index is 701. The second-order valence-corrected chi connectivity index (χ2v) is 7.77. The summed E-state index contributed by atoms with van der Waals surface area (Å²) in [6, 6.07) is 7.62. The molecule has 6 nitrogen and oxygen atoms in total. The van der Waals surface area contributed by atoms with E-state index >= 15 is 0 Å². The molecule has 0 bridgehead atoms. The van der Waals surface area contributed by atoms with Gasteiger partial charge < -0.3 is 25.7 Å². The van der Waals surface area contributed by atoms with Gasteiger partial charge in [-0.2, -0.15) is 0 Å². The Morgan fingerprint density at radius 3 is 2.19 bits per heavy atom. The van der Waals surface area contributed by atoms with Crippen molar-refractivity contribution in [1.29, 1.82) is 0 Å². The van der Waals surface area contributed by atoms with Crippen molar-refractivity contribution in [2.45, 2.75) is 45.8 Å². The molecule has 140 valence electrons. The van der Waals surface area contributed by atoms with Crippen LogP contribution in [-0.2, 0) is 14.1 Å². The van der Waals surface area contributed by atoms with Crippen molar-refractivity contribution >= 4 is 42.1 Å². The standard InChI is InChI=1S/C18H26BN3O3S/c1-12(23)21-11-14(19-24-17(2,3)18(4,5)25-19)10-13-6-8-15(9-7-13)22-16(20)26/h6-10H,11H2,1-5H3,(H,21,23)(H3,20,22,26). The van der Waals surface area contributed by atoms with Crippen LogP contribution in [0.3, 0.4) is 0 Å². The number of rotatable bonds is 5. The normalized spacial score (nSPS) is 18.5. The van der Waals surface area contributed by atoms with E-state index in [1.165, 1.54) is 6.92 Å². The molecule has 0 saturated carbocycles. The predicted molar refractivity (Wildman–Crippen MR) is 110 cm³/mol. The molecule has 1 heterocycles. The maximum atomic E-state index is 11.4. The zero-order valence-electron chi connectivity index (χ0n) is 15.9. The van der Waals surface area contributed by atoms with Crippen molar-refractivity contribution in [3.63, 3.8) is 0 Å². The number of nitrogens with one attached hydrogen (secondary N) is 2. The van der Waals surface area contributed by atoms with Gasteiger partial charge in [-0.05, 0) is 63.1 Å². The van der Waals surface area contributed by atoms with Gasteiger partial charge in [-0.15, -0.1) is 0 Å². The maximum absolute atomic E-state index is 11.4. The van der Waals surface area contributed by atoms with Crippen molar-refractivity contribution in [3.05, 3.63) is 35.3 Å². The SMILES string of the molecule is CC(=O)NCC(=Cc1ccc(NC(N)=S)cc1)B1OC(C)(C)C(C)(C)O1. The average molecular weight is 375 g/mol. The molecule has 1 aromatic rings. The first kappa shape index (κ1) is 20.4. The molecule has 0 spiro atoms. The summed E-state index contributed by atoms with van der Waals surface area (Å²) in [7, 11) is -0.527. The Kier molecular flexibility index (Phi) is 6.11. The van der Waals surface area contributed by atoms with Crippen LogP contribution in [0.1, 0.15) is 40.2 Å². The molecule has 1 amide bonds. The van der Waals surface area contributed by atoms with E-state index in [1.54, 1.807) is 0 Å². The van der Waals surface area contributed by atoms with Crippen LogP contribution in [0.4, 0.5) is 5.69 Å². The quantitative estimate of drug-likeness (QED) is 0.542. The number of amides is 1. The molecule has 1 fully saturated rings. The van der Waals surface area contributed by atoms with Crippen LogP contribution in [0.25, 0.3) is 6.08 Å². The van der Waals surface area contributed by atoms with Gasteiger partial charge in [0.1, 0.15) is 0 Å². The summed E-state index contributed by atoms with van der Waals surface area (Å²) in [5.41, 5.74) is 7.19. The molecule has 2 rings (SSSR count). The molecule has 1 aliphatic rings. The summed E-state index contributed by atoms with van der Waals surface area (Å²) < 4.78 is 12.2. The van der Waals surface area contributed by atoms with Gasteiger partial charge in [-0.1, -0.05) is 18.2 Å². The first-order valence-corrected chi connectivity index (χ1v) is 8.88. The van der Waals surface area contributed by atoms with Crippen molar-refractivity contribution in [1.82, 2.24) is 5.32 Å². The van der Waals surface area contributed by atoms with Crippen LogP contribution in [0, 0.1) is 0 Å². The molecule has 0 aliphatic carbocycles. The van der Waals surface area contributed by atoms with Gasteiger partial charge in [-0.25, -0.2) is 0 Å². The first-order chi connectivity index (χ1) is 12.0. The lowest BCUT2D eigenvalue weighted by Gasteiger charge is -2.32. The molecule has 0 aromatic heterocycles. The number of nitrogens with two attached hydrogens (primary N) is 1. The fourth-order valence-electron chi connectivity index (χ4n) is 2.44. The van der Waals surface area contributed by atoms with Crippen LogP contribution >= 0.6 is 12.2 Å². The first-order valence-electron chi connectivity index (χ1n) is 8.47. The van der Waals surface area contributed by atoms with E-state index in [2.05, 4.69) is 10.6 Å². The number of carbonyl (C=O) groups is 1. The maximum Gasteiger partial charge on any atom is 0.492 e. The number of carbonyl (C=O) groups excluding carboxylic acids is 1. The second-order valence-electron chi connectivity index (χ2n) is 7.33. The molecule has 0 radical (unpaired) electrons. The van der Waals surface area contributed by atoms with Crippen molar-refractivity contribution < 1.29 is 14.1 Å². The van der Waals surface area contributed by atoms with Crippen LogP contribution in [0.15, 0.2) is 29.7 Å². The predicted octanol–water partition coefficient (Wildman–Crippen LogP) is 2.49. The smallest absolute Gasteiger partial charge is 0.400 e. The zero-order valence-corrected chi connectivity index (χ0v) is 16.7. The molecular weight excluding hydrogens is 349 g/mol. The average Bonchev–Trinajstić information content (AvgIpc) is 2.72. The molecule has 1 aliphatic heterocycles. The summed E-state index contributed by atoms with van der Waals surface area (Å²) in [6.45, 7) is 9.83. The minimum atomic E-state index is -0.527. The van der Waals surface area contributed by atoms with Crippen LogP contribution in [-0.4, -0.2) is 35.9 Å². The summed E-state index contributed by atoms with van der Waals surface area (Å²) in [4.78, 5) is 11.4. The lowest BCUT2D eigenvalue weighted by atomic mass is 9.77. The van der Waals surface area contributed by atoms with E-state index in [1.807, 2.05) is 58.0 Å². The van der Waals surface area contributed by atoms with Gasteiger partial charge >= 0.3 is 7.12 Å². The summed E-state index contributed by atoms with van der Waals surface area (Å²) in [5.74, 6) is -0.108. The monoisotopic (exact) mass is 375 g/mol. The highest BCUT2D eigenvalue weighted by Crippen LogP contribution is 2.38. The summed E-state index contributed by atoms with van der Waals surface area (Å²) in [6.07, 6.45) is 1.96. The van der Waals surface area contributed by atoms with Gasteiger partial charge in [0.2, 0.25) is 5.91 Å². The Morgan fingerprint density at radius 1 is 1.19 bits per heavy atom. The highest BCUT2D eigenvalue weighted by Gasteiger charge is 2.52. The molecule has 0 atom stereocenters. The molecular formula is C18H26BN3O3S. The number of anilines is 1. The lowest BCUT2D eigenvalue weighted by Crippen LogP contribution is -2.41.